The van der Waals surface area contributed by atoms with Gasteiger partial charge in [-0.05, 0) is 12.8 Å². The van der Waals surface area contributed by atoms with Crippen molar-refractivity contribution in [1.82, 2.24) is 20.3 Å². The maximum atomic E-state index is 11.8. The third-order valence-corrected chi connectivity index (χ3v) is 4.66. The molecular formula is C10H18N4O4S. The number of hydrogen-bond donors (Lipinski definition) is 3. The Bertz CT molecular complexity index is 470. The minimum absolute atomic E-state index is 0.0389. The molecule has 0 aromatic rings. The smallest absolute Gasteiger partial charge is 0.315 e. The van der Waals surface area contributed by atoms with Gasteiger partial charge in [-0.1, -0.05) is 0 Å². The average Bonchev–Trinajstić information content (AvgIpc) is 2.75. The largest absolute Gasteiger partial charge is 0.351 e. The van der Waals surface area contributed by atoms with Crippen LogP contribution in [0.3, 0.4) is 0 Å². The molecule has 19 heavy (non-hydrogen) atoms. The van der Waals surface area contributed by atoms with E-state index in [1.165, 1.54) is 10.6 Å². The number of rotatable bonds is 3. The van der Waals surface area contributed by atoms with Crippen molar-refractivity contribution >= 4 is 22.0 Å². The van der Waals surface area contributed by atoms with Crippen LogP contribution in [0.1, 0.15) is 12.8 Å². The third kappa shape index (κ3) is 3.57. The topological polar surface area (TPSA) is 108 Å². The van der Waals surface area contributed by atoms with E-state index in [2.05, 4.69) is 16.0 Å². The van der Waals surface area contributed by atoms with Gasteiger partial charge in [0.15, 0.2) is 0 Å². The van der Waals surface area contributed by atoms with Crippen LogP contribution in [0.15, 0.2) is 0 Å². The monoisotopic (exact) mass is 290 g/mol. The van der Waals surface area contributed by atoms with Gasteiger partial charge >= 0.3 is 6.03 Å². The van der Waals surface area contributed by atoms with Gasteiger partial charge < -0.3 is 16.0 Å². The summed E-state index contributed by atoms with van der Waals surface area (Å²) in [6.07, 6.45) is 2.37. The summed E-state index contributed by atoms with van der Waals surface area (Å²) in [4.78, 5) is 22.8. The second-order valence-electron chi connectivity index (χ2n) is 4.85. The standard InChI is InChI=1S/C10H18N4O4S/c1-19(17,18)14-4-2-7(3-5-14)12-9(15)8-6-11-10(16)13-8/h7-8H,2-6H2,1H3,(H,12,15)(H2,11,13,16)/t8-/m0/s1. The summed E-state index contributed by atoms with van der Waals surface area (Å²) >= 11 is 0. The van der Waals surface area contributed by atoms with Crippen molar-refractivity contribution in [2.45, 2.75) is 24.9 Å². The zero-order valence-electron chi connectivity index (χ0n) is 10.7. The first kappa shape index (κ1) is 14.1. The molecule has 0 spiro atoms. The Balaban J connectivity index is 1.79. The lowest BCUT2D eigenvalue weighted by atomic mass is 10.1. The molecule has 0 bridgehead atoms. The lowest BCUT2D eigenvalue weighted by molar-refractivity contribution is -0.123. The van der Waals surface area contributed by atoms with E-state index in [0.717, 1.165) is 0 Å². The van der Waals surface area contributed by atoms with Crippen LogP contribution in [0.4, 0.5) is 4.79 Å². The first-order chi connectivity index (χ1) is 8.86. The molecule has 0 aromatic heterocycles. The Morgan fingerprint density at radius 1 is 1.37 bits per heavy atom. The van der Waals surface area contributed by atoms with Gasteiger partial charge in [-0.25, -0.2) is 17.5 Å². The van der Waals surface area contributed by atoms with Gasteiger partial charge in [0.25, 0.3) is 0 Å². The summed E-state index contributed by atoms with van der Waals surface area (Å²) < 4.78 is 24.1. The van der Waals surface area contributed by atoms with Crippen LogP contribution in [-0.4, -0.2) is 62.6 Å². The van der Waals surface area contributed by atoms with Crippen LogP contribution >= 0.6 is 0 Å². The van der Waals surface area contributed by atoms with Crippen molar-refractivity contribution in [1.29, 1.82) is 0 Å². The van der Waals surface area contributed by atoms with E-state index >= 15 is 0 Å². The first-order valence-electron chi connectivity index (χ1n) is 6.16. The molecule has 0 radical (unpaired) electrons. The maximum absolute atomic E-state index is 11.8. The quantitative estimate of drug-likeness (QED) is 0.570. The summed E-state index contributed by atoms with van der Waals surface area (Å²) in [5.74, 6) is -0.226. The van der Waals surface area contributed by atoms with E-state index in [-0.39, 0.29) is 24.5 Å². The highest BCUT2D eigenvalue weighted by molar-refractivity contribution is 7.88. The predicted octanol–water partition coefficient (Wildman–Crippen LogP) is -1.79. The molecule has 0 saturated carbocycles. The molecule has 2 fully saturated rings. The normalized spacial score (nSPS) is 25.7. The highest BCUT2D eigenvalue weighted by Crippen LogP contribution is 2.13. The highest BCUT2D eigenvalue weighted by Gasteiger charge is 2.30. The van der Waals surface area contributed by atoms with Crippen LogP contribution in [0.2, 0.25) is 0 Å². The minimum atomic E-state index is -3.15. The molecule has 2 rings (SSSR count). The second kappa shape index (κ2) is 5.33. The zero-order valence-corrected chi connectivity index (χ0v) is 11.5. The maximum Gasteiger partial charge on any atom is 0.315 e. The summed E-state index contributed by atoms with van der Waals surface area (Å²) in [6, 6.07) is -0.921. The molecule has 2 aliphatic heterocycles. The SMILES string of the molecule is CS(=O)(=O)N1CCC(NC(=O)[C@@H]2CNC(=O)N2)CC1. The molecular weight excluding hydrogens is 272 g/mol. The number of urea groups is 1. The Hall–Kier alpha value is -1.35. The number of piperidine rings is 1. The molecule has 8 nitrogen and oxygen atoms in total. The van der Waals surface area contributed by atoms with Gasteiger partial charge in [-0.15, -0.1) is 0 Å². The summed E-state index contributed by atoms with van der Waals surface area (Å²) in [5.41, 5.74) is 0. The number of hydrogen-bond acceptors (Lipinski definition) is 4. The molecule has 3 amide bonds. The van der Waals surface area contributed by atoms with Crippen molar-refractivity contribution in [2.75, 3.05) is 25.9 Å². The van der Waals surface area contributed by atoms with Gasteiger partial charge in [0.05, 0.1) is 6.26 Å². The molecule has 1 atom stereocenters. The third-order valence-electron chi connectivity index (χ3n) is 3.36. The number of sulfonamides is 1. The molecule has 0 aliphatic carbocycles. The van der Waals surface area contributed by atoms with Crippen molar-refractivity contribution in [3.8, 4) is 0 Å². The van der Waals surface area contributed by atoms with Crippen molar-refractivity contribution in [3.05, 3.63) is 0 Å². The van der Waals surface area contributed by atoms with E-state index in [4.69, 9.17) is 0 Å². The van der Waals surface area contributed by atoms with E-state index in [9.17, 15) is 18.0 Å². The number of amides is 3. The zero-order chi connectivity index (χ0) is 14.0. The number of nitrogens with one attached hydrogen (secondary N) is 3. The molecule has 3 N–H and O–H groups in total. The van der Waals surface area contributed by atoms with Crippen LogP contribution < -0.4 is 16.0 Å². The Kier molecular flexibility index (Phi) is 3.95. The van der Waals surface area contributed by atoms with Gasteiger partial charge in [0.1, 0.15) is 6.04 Å². The van der Waals surface area contributed by atoms with E-state index in [0.29, 0.717) is 25.9 Å². The molecule has 108 valence electrons. The fraction of sp³-hybridized carbons (Fsp3) is 0.800. The van der Waals surface area contributed by atoms with Crippen LogP contribution in [0.5, 0.6) is 0 Å². The van der Waals surface area contributed by atoms with Crippen molar-refractivity contribution < 1.29 is 18.0 Å². The summed E-state index contributed by atoms with van der Waals surface area (Å²) in [6.45, 7) is 1.12. The first-order valence-corrected chi connectivity index (χ1v) is 8.01. The summed E-state index contributed by atoms with van der Waals surface area (Å²) in [5, 5.41) is 7.86. The number of carbonyl (C=O) groups is 2. The van der Waals surface area contributed by atoms with Gasteiger partial charge in [0.2, 0.25) is 15.9 Å². The lowest BCUT2D eigenvalue weighted by Crippen LogP contribution is -2.51. The van der Waals surface area contributed by atoms with Gasteiger partial charge in [-0.3, -0.25) is 4.79 Å². The van der Waals surface area contributed by atoms with E-state index in [1.54, 1.807) is 0 Å². The van der Waals surface area contributed by atoms with E-state index in [1.807, 2.05) is 0 Å². The fourth-order valence-corrected chi connectivity index (χ4v) is 3.12. The Morgan fingerprint density at radius 2 is 2.00 bits per heavy atom. The lowest BCUT2D eigenvalue weighted by Gasteiger charge is -2.31. The average molecular weight is 290 g/mol. The predicted molar refractivity (Wildman–Crippen MR) is 67.9 cm³/mol. The van der Waals surface area contributed by atoms with Crippen LogP contribution in [0, 0.1) is 0 Å². The van der Waals surface area contributed by atoms with Crippen molar-refractivity contribution in [2.24, 2.45) is 0 Å². The number of carbonyl (C=O) groups excluding carboxylic acids is 2. The highest BCUT2D eigenvalue weighted by atomic mass is 32.2. The Labute approximate surface area is 112 Å². The Morgan fingerprint density at radius 3 is 2.47 bits per heavy atom. The van der Waals surface area contributed by atoms with Crippen molar-refractivity contribution in [3.63, 3.8) is 0 Å². The molecule has 2 aliphatic rings. The fourth-order valence-electron chi connectivity index (χ4n) is 2.25. The molecule has 0 aromatic carbocycles. The minimum Gasteiger partial charge on any atom is -0.351 e. The molecule has 9 heteroatoms. The van der Waals surface area contributed by atoms with Crippen LogP contribution in [0.25, 0.3) is 0 Å². The number of nitrogens with zero attached hydrogens (tertiary/aromatic N) is 1. The second-order valence-corrected chi connectivity index (χ2v) is 6.83. The van der Waals surface area contributed by atoms with Gasteiger partial charge in [0, 0.05) is 25.7 Å². The van der Waals surface area contributed by atoms with Crippen LogP contribution in [-0.2, 0) is 14.8 Å². The molecule has 2 saturated heterocycles. The molecule has 2 heterocycles. The summed E-state index contributed by atoms with van der Waals surface area (Å²) in [7, 11) is -3.15. The van der Waals surface area contributed by atoms with Gasteiger partial charge in [-0.2, -0.15) is 0 Å². The molecule has 0 unspecified atom stereocenters. The van der Waals surface area contributed by atoms with E-state index < -0.39 is 16.1 Å².